The first-order valence-corrected chi connectivity index (χ1v) is 16.8. The van der Waals surface area contributed by atoms with E-state index in [1.165, 1.54) is 29.5 Å². The molecule has 4 aromatic rings. The maximum atomic E-state index is 13.8. The predicted molar refractivity (Wildman–Crippen MR) is 169 cm³/mol. The molecule has 3 fully saturated rings. The zero-order chi connectivity index (χ0) is 31.3. The van der Waals surface area contributed by atoms with E-state index in [0.29, 0.717) is 29.0 Å². The summed E-state index contributed by atoms with van der Waals surface area (Å²) < 4.78 is 15.5. The van der Waals surface area contributed by atoms with Crippen LogP contribution in [0.3, 0.4) is 0 Å². The van der Waals surface area contributed by atoms with Crippen LogP contribution >= 0.6 is 11.8 Å². The number of phenols is 1. The molecule has 0 aliphatic heterocycles. The molecule has 0 amide bonds. The van der Waals surface area contributed by atoms with Crippen molar-refractivity contribution >= 4 is 34.7 Å². The second kappa shape index (κ2) is 10.0. The van der Waals surface area contributed by atoms with Gasteiger partial charge in [0, 0.05) is 11.5 Å². The summed E-state index contributed by atoms with van der Waals surface area (Å²) in [5, 5.41) is 39.1. The number of aliphatic hydroxyl groups excluding tert-OH is 1. The van der Waals surface area contributed by atoms with Gasteiger partial charge >= 0.3 is 0 Å². The zero-order valence-electron chi connectivity index (χ0n) is 25.3. The highest BCUT2D eigenvalue weighted by Gasteiger charge is 2.68. The number of nitrogens with one attached hydrogen (secondary N) is 1. The number of aromatic amines is 1. The largest absolute Gasteiger partial charge is 0.508 e. The highest BCUT2D eigenvalue weighted by atomic mass is 32.2. The number of halogens is 1. The monoisotopic (exact) mass is 628 g/mol. The summed E-state index contributed by atoms with van der Waals surface area (Å²) in [6.07, 6.45) is 7.53. The van der Waals surface area contributed by atoms with Gasteiger partial charge in [0.05, 0.1) is 40.5 Å². The number of Topliss-reactive ketones (excluding diaryl/α,β-unsaturated/α-hetero) is 1. The molecule has 0 spiro atoms. The van der Waals surface area contributed by atoms with Crippen LogP contribution in [0.4, 0.5) is 4.39 Å². The van der Waals surface area contributed by atoms with Crippen LogP contribution in [-0.2, 0) is 11.2 Å². The highest BCUT2D eigenvalue weighted by molar-refractivity contribution is 7.99. The first-order chi connectivity index (χ1) is 21.5. The fraction of sp³-hybridized carbons (Fsp3) is 0.457. The Morgan fingerprint density at radius 1 is 1.18 bits per heavy atom. The molecule has 8 rings (SSSR count). The third-order valence-corrected chi connectivity index (χ3v) is 12.8. The number of allylic oxidation sites excluding steroid dienone is 1. The number of carbonyl (C=O) groups is 1. The molecule has 10 heteroatoms. The number of ketones is 1. The maximum absolute atomic E-state index is 13.8. The third kappa shape index (κ3) is 4.21. The zero-order valence-corrected chi connectivity index (χ0v) is 26.1. The van der Waals surface area contributed by atoms with Crippen molar-refractivity contribution in [2.24, 2.45) is 28.6 Å². The molecule has 8 nitrogen and oxygen atoms in total. The van der Waals surface area contributed by atoms with Gasteiger partial charge in [-0.05, 0) is 110 Å². The Balaban J connectivity index is 1.04. The summed E-state index contributed by atoms with van der Waals surface area (Å²) in [4.78, 5) is 21.5. The number of carbonyl (C=O) groups excluding carboxylic acids is 1. The highest BCUT2D eigenvalue weighted by Crippen LogP contribution is 2.67. The molecule has 5 unspecified atom stereocenters. The van der Waals surface area contributed by atoms with Gasteiger partial charge in [-0.15, -0.1) is 0 Å². The van der Waals surface area contributed by atoms with E-state index < -0.39 is 17.1 Å². The minimum Gasteiger partial charge on any atom is -0.508 e. The van der Waals surface area contributed by atoms with E-state index in [4.69, 9.17) is 0 Å². The quantitative estimate of drug-likeness (QED) is 0.205. The topological polar surface area (TPSA) is 124 Å². The van der Waals surface area contributed by atoms with Crippen molar-refractivity contribution < 1.29 is 24.5 Å². The molecule has 2 aromatic heterocycles. The van der Waals surface area contributed by atoms with Crippen LogP contribution in [0.15, 0.2) is 59.4 Å². The number of nitrogens with zero attached hydrogens (tertiary/aromatic N) is 3. The normalized spacial score (nSPS) is 33.7. The molecule has 4 N–H and O–H groups in total. The van der Waals surface area contributed by atoms with Crippen molar-refractivity contribution in [2.75, 3.05) is 5.75 Å². The van der Waals surface area contributed by atoms with Gasteiger partial charge in [0.15, 0.2) is 10.9 Å². The Morgan fingerprint density at radius 3 is 2.78 bits per heavy atom. The van der Waals surface area contributed by atoms with E-state index in [1.54, 1.807) is 30.3 Å². The first-order valence-electron chi connectivity index (χ1n) is 15.8. The molecule has 4 aliphatic carbocycles. The van der Waals surface area contributed by atoms with Crippen molar-refractivity contribution in [3.05, 3.63) is 71.3 Å². The molecule has 0 radical (unpaired) electrons. The van der Waals surface area contributed by atoms with Crippen molar-refractivity contribution in [3.8, 4) is 11.4 Å². The van der Waals surface area contributed by atoms with E-state index >= 15 is 0 Å². The molecule has 0 bridgehead atoms. The number of aromatic hydroxyl groups is 1. The standard InChI is InChI=1S/C35H37FN4O4S/c1-33-15-19-17-37-40(22-6-4-21(36)5-7-22)28(19)13-20(33)3-9-24-25-11-12-35(44,34(25,2)16-29(42)31(24)33)30(43)18-45-32-38-26-10-8-23(41)14-27(26)39-32/h4-8,10,13-14,17,24-25,29,31,41-42,44H,3,9,11-12,15-16,18H2,1-2H3,(H,38,39)/t24?,25?,29-,31?,33?,34?,35-/m0/s1. The first kappa shape index (κ1) is 29.0. The lowest BCUT2D eigenvalue weighted by Gasteiger charge is -2.60. The number of hydrogen-bond acceptors (Lipinski definition) is 7. The number of thioether (sulfide) groups is 1. The van der Waals surface area contributed by atoms with Gasteiger partial charge in [0.1, 0.15) is 17.2 Å². The second-order valence-corrected chi connectivity index (χ2v) is 15.0. The molecular weight excluding hydrogens is 591 g/mol. The van der Waals surface area contributed by atoms with Crippen molar-refractivity contribution in [3.63, 3.8) is 0 Å². The molecule has 0 saturated heterocycles. The minimum absolute atomic E-state index is 0.0108. The number of aliphatic hydroxyl groups is 2. The Kier molecular flexibility index (Phi) is 6.45. The summed E-state index contributed by atoms with van der Waals surface area (Å²) in [5.41, 5.74) is 3.14. The van der Waals surface area contributed by atoms with Gasteiger partial charge in [0.2, 0.25) is 0 Å². The van der Waals surface area contributed by atoms with E-state index in [-0.39, 0.29) is 46.3 Å². The van der Waals surface area contributed by atoms with Gasteiger partial charge in [0.25, 0.3) is 0 Å². The van der Waals surface area contributed by atoms with Gasteiger partial charge in [-0.1, -0.05) is 31.2 Å². The van der Waals surface area contributed by atoms with Crippen LogP contribution in [0.2, 0.25) is 0 Å². The summed E-state index contributed by atoms with van der Waals surface area (Å²) in [5.74, 6) is 0.0316. The summed E-state index contributed by atoms with van der Waals surface area (Å²) in [6, 6.07) is 11.3. The molecule has 4 aliphatic rings. The fourth-order valence-electron chi connectivity index (χ4n) is 9.73. The van der Waals surface area contributed by atoms with Gasteiger partial charge < -0.3 is 20.3 Å². The average Bonchev–Trinajstić information content (AvgIpc) is 3.68. The summed E-state index contributed by atoms with van der Waals surface area (Å²) in [7, 11) is 0. The van der Waals surface area contributed by atoms with Crippen molar-refractivity contribution in [1.82, 2.24) is 19.7 Å². The predicted octanol–water partition coefficient (Wildman–Crippen LogP) is 5.84. The number of benzene rings is 2. The van der Waals surface area contributed by atoms with Crippen molar-refractivity contribution in [2.45, 2.75) is 69.2 Å². The number of H-pyrrole nitrogens is 1. The Bertz CT molecular complexity index is 1870. The summed E-state index contributed by atoms with van der Waals surface area (Å²) >= 11 is 1.26. The van der Waals surface area contributed by atoms with E-state index in [2.05, 4.69) is 28.1 Å². The lowest BCUT2D eigenvalue weighted by molar-refractivity contribution is -0.177. The molecule has 2 aromatic carbocycles. The van der Waals surface area contributed by atoms with E-state index in [1.807, 2.05) is 17.8 Å². The SMILES string of the molecule is CC12Cc3cnn(-c4ccc(F)cc4)c3C=C1CCC1C2[C@@H](O)CC2(C)C1CC[C@]2(O)C(=O)CSc1nc2ccc(O)cc2[nH]1. The second-order valence-electron chi connectivity index (χ2n) is 14.1. The fourth-order valence-corrected chi connectivity index (χ4v) is 10.6. The minimum atomic E-state index is -1.52. The number of fused-ring (bicyclic) bond motifs is 7. The van der Waals surface area contributed by atoms with Crippen LogP contribution in [0.1, 0.15) is 57.2 Å². The third-order valence-electron chi connectivity index (χ3n) is 11.9. The van der Waals surface area contributed by atoms with Crippen molar-refractivity contribution in [1.29, 1.82) is 0 Å². The van der Waals surface area contributed by atoms with Gasteiger partial charge in [-0.2, -0.15) is 5.10 Å². The number of imidazole rings is 1. The molecular formula is C35H37FN4O4S. The smallest absolute Gasteiger partial charge is 0.175 e. The molecule has 3 saturated carbocycles. The van der Waals surface area contributed by atoms with Crippen LogP contribution < -0.4 is 0 Å². The Labute approximate surface area is 264 Å². The van der Waals surface area contributed by atoms with Crippen LogP contribution in [0.25, 0.3) is 22.8 Å². The van der Waals surface area contributed by atoms with Crippen LogP contribution in [0, 0.1) is 34.4 Å². The van der Waals surface area contributed by atoms with Crippen LogP contribution in [-0.4, -0.2) is 58.3 Å². The number of hydrogen-bond donors (Lipinski definition) is 4. The van der Waals surface area contributed by atoms with Gasteiger partial charge in [-0.25, -0.2) is 14.1 Å². The van der Waals surface area contributed by atoms with Crippen LogP contribution in [0.5, 0.6) is 5.75 Å². The lowest BCUT2D eigenvalue weighted by atomic mass is 9.45. The number of rotatable bonds is 5. The van der Waals surface area contributed by atoms with E-state index in [9.17, 15) is 24.5 Å². The molecule has 7 atom stereocenters. The Hall–Kier alpha value is -3.47. The molecule has 234 valence electrons. The summed E-state index contributed by atoms with van der Waals surface area (Å²) in [6.45, 7) is 4.30. The Morgan fingerprint density at radius 2 is 1.98 bits per heavy atom. The average molecular weight is 629 g/mol. The number of aromatic nitrogens is 4. The number of phenolic OH excluding ortho intramolecular Hbond substituents is 1. The molecule has 2 heterocycles. The maximum Gasteiger partial charge on any atom is 0.175 e. The van der Waals surface area contributed by atoms with E-state index in [0.717, 1.165) is 42.6 Å². The lowest BCUT2D eigenvalue weighted by Crippen LogP contribution is -2.62. The van der Waals surface area contributed by atoms with Gasteiger partial charge in [-0.3, -0.25) is 4.79 Å². The molecule has 45 heavy (non-hydrogen) atoms.